The Morgan fingerprint density at radius 3 is 2.46 bits per heavy atom. The molecule has 3 unspecified atom stereocenters. The predicted octanol–water partition coefficient (Wildman–Crippen LogP) is 3.75. The summed E-state index contributed by atoms with van der Waals surface area (Å²) in [5.74, 6) is 0.753. The molecule has 4 rings (SSSR count). The number of morpholine rings is 1. The van der Waals surface area contributed by atoms with Crippen LogP contribution in [0.4, 0.5) is 19.0 Å². The van der Waals surface area contributed by atoms with Crippen LogP contribution >= 0.6 is 0 Å². The van der Waals surface area contributed by atoms with Crippen LogP contribution in [0.1, 0.15) is 39.8 Å². The Labute approximate surface area is 200 Å². The maximum Gasteiger partial charge on any atom is 0.433 e. The zero-order valence-corrected chi connectivity index (χ0v) is 20.0. The van der Waals surface area contributed by atoms with E-state index < -0.39 is 17.9 Å². The summed E-state index contributed by atoms with van der Waals surface area (Å²) >= 11 is 0. The smallest absolute Gasteiger partial charge is 0.372 e. The molecule has 0 aromatic carbocycles. The largest absolute Gasteiger partial charge is 0.433 e. The van der Waals surface area contributed by atoms with E-state index in [-0.39, 0.29) is 18.1 Å². The molecule has 0 bridgehead atoms. The molecule has 0 radical (unpaired) electrons. The van der Waals surface area contributed by atoms with E-state index in [2.05, 4.69) is 25.3 Å². The number of fused-ring (bicyclic) bond motifs is 1. The van der Waals surface area contributed by atoms with Gasteiger partial charge in [-0.2, -0.15) is 13.2 Å². The zero-order valence-electron chi connectivity index (χ0n) is 20.0. The van der Waals surface area contributed by atoms with Gasteiger partial charge in [-0.05, 0) is 39.3 Å². The van der Waals surface area contributed by atoms with Gasteiger partial charge in [0.15, 0.2) is 17.0 Å². The average Bonchev–Trinajstić information content (AvgIpc) is 3.20. The lowest BCUT2D eigenvalue weighted by atomic mass is 10.1. The van der Waals surface area contributed by atoms with E-state index in [1.807, 2.05) is 27.7 Å². The van der Waals surface area contributed by atoms with Crippen molar-refractivity contribution in [3.05, 3.63) is 30.4 Å². The standard InChI is InChI=1S/C23H28F3N7O2/c1-5-16(22(34)32-10-13(3)35-14(4)11-32)30-19-18-21(29-12-28-19)33(6-2)20(31-18)15-7-8-17(27-9-15)23(24,25)26/h7-9,12-14,16H,5-6,10-11H2,1-4H3,(H,28,29,30). The number of aryl methyl sites for hydroxylation is 1. The Balaban J connectivity index is 1.66. The van der Waals surface area contributed by atoms with Crippen molar-refractivity contribution in [1.82, 2.24) is 29.4 Å². The van der Waals surface area contributed by atoms with Crippen LogP contribution in [0.2, 0.25) is 0 Å². The summed E-state index contributed by atoms with van der Waals surface area (Å²) in [6, 6.07) is 1.73. The minimum Gasteiger partial charge on any atom is -0.372 e. The summed E-state index contributed by atoms with van der Waals surface area (Å²) in [6.45, 7) is 9.16. The van der Waals surface area contributed by atoms with E-state index in [4.69, 9.17) is 4.74 Å². The molecule has 1 amide bonds. The third-order valence-electron chi connectivity index (χ3n) is 5.91. The van der Waals surface area contributed by atoms with Crippen LogP contribution in [0.3, 0.4) is 0 Å². The van der Waals surface area contributed by atoms with E-state index >= 15 is 0 Å². The van der Waals surface area contributed by atoms with Crippen LogP contribution in [0.15, 0.2) is 24.7 Å². The van der Waals surface area contributed by atoms with Crippen molar-refractivity contribution in [2.24, 2.45) is 0 Å². The second kappa shape index (κ2) is 9.76. The number of nitrogens with zero attached hydrogens (tertiary/aromatic N) is 6. The molecule has 3 aromatic heterocycles. The summed E-state index contributed by atoms with van der Waals surface area (Å²) < 4.78 is 46.3. The van der Waals surface area contributed by atoms with Gasteiger partial charge < -0.3 is 19.5 Å². The van der Waals surface area contributed by atoms with E-state index in [9.17, 15) is 18.0 Å². The van der Waals surface area contributed by atoms with Gasteiger partial charge in [0, 0.05) is 31.4 Å². The SMILES string of the molecule is CCC(Nc1ncnc2c1nc(-c1ccc(C(F)(F)F)nc1)n2CC)C(=O)N1CC(C)OC(C)C1. The molecule has 12 heteroatoms. The topological polar surface area (TPSA) is 98.1 Å². The van der Waals surface area contributed by atoms with Gasteiger partial charge in [0.05, 0.1) is 12.2 Å². The van der Waals surface area contributed by atoms with Gasteiger partial charge in [0.1, 0.15) is 23.9 Å². The first-order valence-corrected chi connectivity index (χ1v) is 11.6. The first kappa shape index (κ1) is 24.8. The Hall–Kier alpha value is -3.28. The van der Waals surface area contributed by atoms with E-state index in [0.717, 1.165) is 12.3 Å². The summed E-state index contributed by atoms with van der Waals surface area (Å²) in [5.41, 5.74) is 0.386. The number of rotatable bonds is 6. The fourth-order valence-corrected chi connectivity index (χ4v) is 4.34. The third kappa shape index (κ3) is 5.07. The van der Waals surface area contributed by atoms with Gasteiger partial charge in [-0.3, -0.25) is 9.78 Å². The van der Waals surface area contributed by atoms with Crippen LogP contribution < -0.4 is 5.32 Å². The number of hydrogen-bond donors (Lipinski definition) is 1. The Kier molecular flexibility index (Phi) is 6.93. The van der Waals surface area contributed by atoms with Gasteiger partial charge >= 0.3 is 6.18 Å². The van der Waals surface area contributed by atoms with Crippen molar-refractivity contribution in [2.45, 2.75) is 65.1 Å². The summed E-state index contributed by atoms with van der Waals surface area (Å²) in [5, 5.41) is 3.22. The number of carbonyl (C=O) groups is 1. The summed E-state index contributed by atoms with van der Waals surface area (Å²) in [4.78, 5) is 31.9. The molecule has 4 heterocycles. The zero-order chi connectivity index (χ0) is 25.3. The number of pyridine rings is 1. The van der Waals surface area contributed by atoms with E-state index in [0.29, 0.717) is 54.4 Å². The first-order chi connectivity index (χ1) is 16.6. The molecule has 3 atom stereocenters. The molecule has 9 nitrogen and oxygen atoms in total. The van der Waals surface area contributed by atoms with Crippen LogP contribution in [-0.4, -0.2) is 66.6 Å². The molecule has 188 valence electrons. The highest BCUT2D eigenvalue weighted by atomic mass is 19.4. The molecule has 0 spiro atoms. The van der Waals surface area contributed by atoms with Gasteiger partial charge in [0.2, 0.25) is 5.91 Å². The molecule has 1 saturated heterocycles. The number of nitrogens with one attached hydrogen (secondary N) is 1. The molecule has 0 aliphatic carbocycles. The van der Waals surface area contributed by atoms with Crippen molar-refractivity contribution in [1.29, 1.82) is 0 Å². The van der Waals surface area contributed by atoms with Gasteiger partial charge in [0.25, 0.3) is 0 Å². The van der Waals surface area contributed by atoms with Crippen molar-refractivity contribution in [3.63, 3.8) is 0 Å². The second-order valence-electron chi connectivity index (χ2n) is 8.61. The molecule has 1 fully saturated rings. The highest BCUT2D eigenvalue weighted by Gasteiger charge is 2.33. The minimum atomic E-state index is -4.52. The molecule has 3 aromatic rings. The van der Waals surface area contributed by atoms with Gasteiger partial charge in [-0.1, -0.05) is 6.92 Å². The fraction of sp³-hybridized carbons (Fsp3) is 0.522. The summed E-state index contributed by atoms with van der Waals surface area (Å²) in [6.07, 6.45) is -1.57. The monoisotopic (exact) mass is 491 g/mol. The second-order valence-corrected chi connectivity index (χ2v) is 8.61. The Morgan fingerprint density at radius 2 is 1.89 bits per heavy atom. The molecule has 1 aliphatic heterocycles. The maximum absolute atomic E-state index is 13.3. The van der Waals surface area contributed by atoms with Crippen molar-refractivity contribution in [3.8, 4) is 11.4 Å². The fourth-order valence-electron chi connectivity index (χ4n) is 4.34. The first-order valence-electron chi connectivity index (χ1n) is 11.6. The van der Waals surface area contributed by atoms with Gasteiger partial charge in [-0.15, -0.1) is 0 Å². The number of hydrogen-bond acceptors (Lipinski definition) is 7. The highest BCUT2D eigenvalue weighted by Crippen LogP contribution is 2.31. The van der Waals surface area contributed by atoms with Crippen molar-refractivity contribution >= 4 is 22.9 Å². The quantitative estimate of drug-likeness (QED) is 0.561. The minimum absolute atomic E-state index is 0.0499. The van der Waals surface area contributed by atoms with Crippen LogP contribution in [-0.2, 0) is 22.3 Å². The van der Waals surface area contributed by atoms with Gasteiger partial charge in [-0.25, -0.2) is 15.0 Å². The van der Waals surface area contributed by atoms with E-state index in [1.54, 1.807) is 9.47 Å². The number of alkyl halides is 3. The number of amides is 1. The lowest BCUT2D eigenvalue weighted by Gasteiger charge is -2.37. The van der Waals surface area contributed by atoms with Crippen molar-refractivity contribution in [2.75, 3.05) is 18.4 Å². The molecule has 1 N–H and O–H groups in total. The third-order valence-corrected chi connectivity index (χ3v) is 5.91. The molecule has 35 heavy (non-hydrogen) atoms. The molecular formula is C23H28F3N7O2. The highest BCUT2D eigenvalue weighted by molar-refractivity contribution is 5.90. The predicted molar refractivity (Wildman–Crippen MR) is 124 cm³/mol. The maximum atomic E-state index is 13.3. The van der Waals surface area contributed by atoms with Crippen LogP contribution in [0.5, 0.6) is 0 Å². The van der Waals surface area contributed by atoms with Crippen LogP contribution in [0, 0.1) is 0 Å². The Bertz CT molecular complexity index is 1190. The summed E-state index contributed by atoms with van der Waals surface area (Å²) in [7, 11) is 0. The molecule has 1 aliphatic rings. The lowest BCUT2D eigenvalue weighted by Crippen LogP contribution is -2.52. The molecular weight excluding hydrogens is 463 g/mol. The number of aromatic nitrogens is 5. The number of imidazole rings is 1. The van der Waals surface area contributed by atoms with E-state index in [1.165, 1.54) is 12.4 Å². The number of halogens is 3. The number of anilines is 1. The molecule has 0 saturated carbocycles. The normalized spacial score (nSPS) is 19.7. The number of carbonyl (C=O) groups excluding carboxylic acids is 1. The lowest BCUT2D eigenvalue weighted by molar-refractivity contribution is -0.144. The van der Waals surface area contributed by atoms with Crippen LogP contribution in [0.25, 0.3) is 22.6 Å². The number of ether oxygens (including phenoxy) is 1. The van der Waals surface area contributed by atoms with Crippen molar-refractivity contribution < 1.29 is 22.7 Å². The Morgan fingerprint density at radius 1 is 1.17 bits per heavy atom. The average molecular weight is 492 g/mol.